The Morgan fingerprint density at radius 1 is 1.35 bits per heavy atom. The van der Waals surface area contributed by atoms with Gasteiger partial charge in [-0.2, -0.15) is 0 Å². The summed E-state index contributed by atoms with van der Waals surface area (Å²) in [5.41, 5.74) is 1.55. The molecule has 1 N–H and O–H groups in total. The molecule has 0 atom stereocenters. The molecule has 0 aliphatic rings. The lowest BCUT2D eigenvalue weighted by molar-refractivity contribution is 0.992. The van der Waals surface area contributed by atoms with E-state index in [1.807, 2.05) is 13.0 Å². The summed E-state index contributed by atoms with van der Waals surface area (Å²) in [6.45, 7) is 2.03. The Morgan fingerprint density at radius 2 is 2.12 bits per heavy atom. The van der Waals surface area contributed by atoms with Gasteiger partial charge in [0.25, 0.3) is 0 Å². The molecule has 0 saturated carbocycles. The topological polar surface area (TPSA) is 41.6 Å². The zero-order valence-corrected chi connectivity index (χ0v) is 11.3. The van der Waals surface area contributed by atoms with Gasteiger partial charge in [-0.25, -0.2) is 9.97 Å². The van der Waals surface area contributed by atoms with Gasteiger partial charge in [0.1, 0.15) is 10.3 Å². The van der Waals surface area contributed by atoms with Crippen LogP contribution in [-0.4, -0.2) is 15.0 Å². The Labute approximate surface area is 114 Å². The van der Waals surface area contributed by atoms with E-state index in [9.17, 15) is 0 Å². The third-order valence-electron chi connectivity index (χ3n) is 2.21. The van der Waals surface area contributed by atoms with Crippen LogP contribution in [0.5, 0.6) is 0 Å². The lowest BCUT2D eigenvalue weighted by atomic mass is 10.3. The largest absolute Gasteiger partial charge is 0.342 e. The standard InChI is InChI=1S/C11H9Cl2N3S/c1-2-7-4-9(17)16-11(15-7)10-8(13)3-6(12)5-14-10/h3-5H,2H2,1H3,(H,15,16,17). The Hall–Kier alpha value is -0.970. The highest BCUT2D eigenvalue weighted by atomic mass is 35.5. The van der Waals surface area contributed by atoms with E-state index in [-0.39, 0.29) is 0 Å². The van der Waals surface area contributed by atoms with Gasteiger partial charge >= 0.3 is 0 Å². The summed E-state index contributed by atoms with van der Waals surface area (Å²) in [7, 11) is 0. The molecule has 0 bridgehead atoms. The Balaban J connectivity index is 2.60. The normalized spacial score (nSPS) is 10.5. The monoisotopic (exact) mass is 285 g/mol. The van der Waals surface area contributed by atoms with Gasteiger partial charge in [-0.15, -0.1) is 0 Å². The lowest BCUT2D eigenvalue weighted by Gasteiger charge is -2.05. The smallest absolute Gasteiger partial charge is 0.159 e. The highest BCUT2D eigenvalue weighted by Crippen LogP contribution is 2.25. The van der Waals surface area contributed by atoms with E-state index in [4.69, 9.17) is 35.4 Å². The number of aromatic amines is 1. The Kier molecular flexibility index (Phi) is 3.76. The van der Waals surface area contributed by atoms with Gasteiger partial charge in [-0.05, 0) is 18.6 Å². The van der Waals surface area contributed by atoms with Crippen LogP contribution in [0.25, 0.3) is 11.5 Å². The molecular weight excluding hydrogens is 277 g/mol. The van der Waals surface area contributed by atoms with Crippen molar-refractivity contribution in [3.8, 4) is 11.5 Å². The highest BCUT2D eigenvalue weighted by molar-refractivity contribution is 7.71. The van der Waals surface area contributed by atoms with Crippen molar-refractivity contribution in [1.82, 2.24) is 15.0 Å². The van der Waals surface area contributed by atoms with Gasteiger partial charge in [0.05, 0.1) is 10.0 Å². The number of nitrogens with one attached hydrogen (secondary N) is 1. The molecule has 0 unspecified atom stereocenters. The first-order valence-electron chi connectivity index (χ1n) is 5.02. The van der Waals surface area contributed by atoms with E-state index in [0.717, 1.165) is 12.1 Å². The first-order chi connectivity index (χ1) is 8.10. The predicted molar refractivity (Wildman–Crippen MR) is 72.1 cm³/mol. The molecule has 2 aromatic heterocycles. The minimum atomic E-state index is 0.448. The van der Waals surface area contributed by atoms with E-state index in [0.29, 0.717) is 26.2 Å². The van der Waals surface area contributed by atoms with Gasteiger partial charge in [0, 0.05) is 11.9 Å². The van der Waals surface area contributed by atoms with Crippen LogP contribution in [-0.2, 0) is 6.42 Å². The molecular formula is C11H9Cl2N3S. The molecule has 0 spiro atoms. The number of aryl methyl sites for hydroxylation is 1. The van der Waals surface area contributed by atoms with Crippen LogP contribution in [0.15, 0.2) is 18.3 Å². The fourth-order valence-electron chi connectivity index (χ4n) is 1.40. The summed E-state index contributed by atoms with van der Waals surface area (Å²) in [6, 6.07) is 3.45. The number of hydrogen-bond acceptors (Lipinski definition) is 3. The molecule has 2 heterocycles. The van der Waals surface area contributed by atoms with Crippen molar-refractivity contribution in [1.29, 1.82) is 0 Å². The first-order valence-corrected chi connectivity index (χ1v) is 6.18. The quantitative estimate of drug-likeness (QED) is 0.846. The third kappa shape index (κ3) is 2.83. The lowest BCUT2D eigenvalue weighted by Crippen LogP contribution is -1.97. The number of rotatable bonds is 2. The van der Waals surface area contributed by atoms with Crippen LogP contribution in [0.1, 0.15) is 12.6 Å². The number of nitrogens with zero attached hydrogens (tertiary/aromatic N) is 2. The fraction of sp³-hybridized carbons (Fsp3) is 0.182. The molecule has 2 rings (SSSR count). The second kappa shape index (κ2) is 5.12. The fourth-order valence-corrected chi connectivity index (χ4v) is 2.10. The molecule has 3 nitrogen and oxygen atoms in total. The van der Waals surface area contributed by atoms with Crippen molar-refractivity contribution < 1.29 is 0 Å². The van der Waals surface area contributed by atoms with Crippen molar-refractivity contribution in [3.63, 3.8) is 0 Å². The summed E-state index contributed by atoms with van der Waals surface area (Å²) >= 11 is 17.0. The van der Waals surface area contributed by atoms with Crippen molar-refractivity contribution in [2.24, 2.45) is 0 Å². The molecule has 2 aromatic rings. The van der Waals surface area contributed by atoms with E-state index < -0.39 is 0 Å². The van der Waals surface area contributed by atoms with Crippen LogP contribution in [0.4, 0.5) is 0 Å². The zero-order valence-electron chi connectivity index (χ0n) is 9.00. The Morgan fingerprint density at radius 3 is 2.76 bits per heavy atom. The molecule has 0 saturated heterocycles. The molecule has 17 heavy (non-hydrogen) atoms. The van der Waals surface area contributed by atoms with E-state index in [1.54, 1.807) is 6.07 Å². The number of hydrogen-bond donors (Lipinski definition) is 1. The van der Waals surface area contributed by atoms with Crippen LogP contribution in [0.3, 0.4) is 0 Å². The van der Waals surface area contributed by atoms with Crippen molar-refractivity contribution in [2.45, 2.75) is 13.3 Å². The number of aromatic nitrogens is 3. The van der Waals surface area contributed by atoms with Gasteiger partial charge in [-0.1, -0.05) is 42.3 Å². The van der Waals surface area contributed by atoms with Gasteiger partial charge in [0.2, 0.25) is 0 Å². The van der Waals surface area contributed by atoms with Crippen molar-refractivity contribution in [3.05, 3.63) is 38.7 Å². The van der Waals surface area contributed by atoms with E-state index in [2.05, 4.69) is 15.0 Å². The minimum Gasteiger partial charge on any atom is -0.342 e. The van der Waals surface area contributed by atoms with Gasteiger partial charge in [0.15, 0.2) is 5.82 Å². The summed E-state index contributed by atoms with van der Waals surface area (Å²) in [6.07, 6.45) is 2.37. The van der Waals surface area contributed by atoms with E-state index in [1.165, 1.54) is 6.20 Å². The maximum atomic E-state index is 6.07. The zero-order chi connectivity index (χ0) is 12.4. The number of pyridine rings is 1. The summed E-state index contributed by atoms with van der Waals surface area (Å²) in [5, 5.41) is 0.938. The Bertz CT molecular complexity index is 610. The molecule has 0 aliphatic carbocycles. The molecule has 0 fully saturated rings. The van der Waals surface area contributed by atoms with Crippen LogP contribution in [0, 0.1) is 4.64 Å². The van der Waals surface area contributed by atoms with Crippen LogP contribution >= 0.6 is 35.4 Å². The SMILES string of the molecule is CCc1cc(=S)nc(-c2ncc(Cl)cc2Cl)[nH]1. The average Bonchev–Trinajstić information content (AvgIpc) is 2.28. The van der Waals surface area contributed by atoms with Crippen molar-refractivity contribution in [2.75, 3.05) is 0 Å². The molecule has 88 valence electrons. The third-order valence-corrected chi connectivity index (χ3v) is 2.92. The van der Waals surface area contributed by atoms with Crippen LogP contribution in [0.2, 0.25) is 10.0 Å². The summed E-state index contributed by atoms with van der Waals surface area (Å²) in [4.78, 5) is 11.5. The van der Waals surface area contributed by atoms with Crippen LogP contribution < -0.4 is 0 Å². The summed E-state index contributed by atoms with van der Waals surface area (Å²) in [5.74, 6) is 0.566. The predicted octanol–water partition coefficient (Wildman–Crippen LogP) is 4.07. The second-order valence-electron chi connectivity index (χ2n) is 3.43. The number of H-pyrrole nitrogens is 1. The molecule has 0 aliphatic heterocycles. The molecule has 0 aromatic carbocycles. The van der Waals surface area contributed by atoms with Crippen molar-refractivity contribution >= 4 is 35.4 Å². The van der Waals surface area contributed by atoms with Gasteiger partial charge < -0.3 is 4.98 Å². The minimum absolute atomic E-state index is 0.448. The average molecular weight is 286 g/mol. The molecule has 0 amide bonds. The molecule has 6 heteroatoms. The first kappa shape index (κ1) is 12.5. The highest BCUT2D eigenvalue weighted by Gasteiger charge is 2.08. The summed E-state index contributed by atoms with van der Waals surface area (Å²) < 4.78 is 0.517. The molecule has 0 radical (unpaired) electrons. The maximum Gasteiger partial charge on any atom is 0.159 e. The van der Waals surface area contributed by atoms with E-state index >= 15 is 0 Å². The number of halogens is 2. The van der Waals surface area contributed by atoms with Gasteiger partial charge in [-0.3, -0.25) is 0 Å². The second-order valence-corrected chi connectivity index (χ2v) is 4.69. The maximum absolute atomic E-state index is 6.07.